The molecule has 5 nitrogen and oxygen atoms in total. The number of pyridine rings is 1. The summed E-state index contributed by atoms with van der Waals surface area (Å²) < 4.78 is 46.4. The van der Waals surface area contributed by atoms with Crippen LogP contribution in [-0.4, -0.2) is 40.5 Å². The second-order valence-electron chi connectivity index (χ2n) is 6.61. The normalized spacial score (nSPS) is 24.2. The number of aliphatic hydroxyl groups excluding tert-OH is 1. The van der Waals surface area contributed by atoms with Crippen LogP contribution in [0.15, 0.2) is 24.7 Å². The average molecular weight is 341 g/mol. The zero-order chi connectivity index (χ0) is 16.9. The topological polar surface area (TPSA) is 50.0 Å². The lowest BCUT2D eigenvalue weighted by Crippen LogP contribution is -2.44. The van der Waals surface area contributed by atoms with E-state index in [2.05, 4.69) is 4.98 Å². The molecule has 2 aliphatic heterocycles. The SMILES string of the molecule is OC1OCCC12CCN(c1cc(C(F)(F)F)cc3cncn13)CC2. The van der Waals surface area contributed by atoms with Gasteiger partial charge in [-0.2, -0.15) is 13.2 Å². The lowest BCUT2D eigenvalue weighted by atomic mass is 9.76. The number of nitrogens with zero attached hydrogens (tertiary/aromatic N) is 3. The van der Waals surface area contributed by atoms with Gasteiger partial charge in [0.05, 0.1) is 23.9 Å². The van der Waals surface area contributed by atoms with E-state index in [1.54, 1.807) is 4.40 Å². The molecule has 4 rings (SSSR count). The van der Waals surface area contributed by atoms with Crippen molar-refractivity contribution >= 4 is 11.3 Å². The van der Waals surface area contributed by atoms with E-state index in [-0.39, 0.29) is 5.41 Å². The molecule has 0 radical (unpaired) electrons. The van der Waals surface area contributed by atoms with Crippen molar-refractivity contribution in [3.63, 3.8) is 0 Å². The molecule has 0 amide bonds. The Morgan fingerprint density at radius 3 is 2.58 bits per heavy atom. The highest BCUT2D eigenvalue weighted by Gasteiger charge is 2.45. The molecule has 0 saturated carbocycles. The maximum absolute atomic E-state index is 13.2. The highest BCUT2D eigenvalue weighted by Crippen LogP contribution is 2.44. The van der Waals surface area contributed by atoms with Gasteiger partial charge in [0.1, 0.15) is 12.1 Å². The fourth-order valence-corrected chi connectivity index (χ4v) is 3.77. The standard InChI is InChI=1S/C16H18F3N3O2/c17-16(18,19)11-7-12-9-20-10-22(12)13(8-11)21-4-1-15(2-5-21)3-6-24-14(15)23/h7-10,14,23H,1-6H2. The molecule has 2 aromatic rings. The molecular weight excluding hydrogens is 323 g/mol. The van der Waals surface area contributed by atoms with E-state index in [1.165, 1.54) is 18.6 Å². The van der Waals surface area contributed by atoms with Crippen LogP contribution in [0.4, 0.5) is 19.0 Å². The Bertz CT molecular complexity index is 751. The van der Waals surface area contributed by atoms with E-state index in [0.29, 0.717) is 43.9 Å². The summed E-state index contributed by atoms with van der Waals surface area (Å²) in [5, 5.41) is 10.0. The Morgan fingerprint density at radius 2 is 1.96 bits per heavy atom. The van der Waals surface area contributed by atoms with Crippen molar-refractivity contribution in [2.75, 3.05) is 24.6 Å². The summed E-state index contributed by atoms with van der Waals surface area (Å²) in [5.41, 5.74) is -0.508. The van der Waals surface area contributed by atoms with Crippen molar-refractivity contribution in [2.45, 2.75) is 31.7 Å². The van der Waals surface area contributed by atoms with Gasteiger partial charge < -0.3 is 14.7 Å². The molecule has 4 heterocycles. The third-order valence-electron chi connectivity index (χ3n) is 5.31. The smallest absolute Gasteiger partial charge is 0.367 e. The number of ether oxygens (including phenoxy) is 1. The molecule has 1 N–H and O–H groups in total. The van der Waals surface area contributed by atoms with Crippen LogP contribution in [0, 0.1) is 5.41 Å². The first kappa shape index (κ1) is 15.7. The predicted octanol–water partition coefficient (Wildman–Crippen LogP) is 2.68. The van der Waals surface area contributed by atoms with Crippen LogP contribution in [0.2, 0.25) is 0 Å². The van der Waals surface area contributed by atoms with E-state index >= 15 is 0 Å². The fraction of sp³-hybridized carbons (Fsp3) is 0.562. The maximum atomic E-state index is 13.2. The number of anilines is 1. The second-order valence-corrected chi connectivity index (χ2v) is 6.61. The molecule has 2 aliphatic rings. The van der Waals surface area contributed by atoms with E-state index in [0.717, 1.165) is 12.5 Å². The number of fused-ring (bicyclic) bond motifs is 1. The summed E-state index contributed by atoms with van der Waals surface area (Å²) in [6.45, 7) is 1.69. The molecule has 2 saturated heterocycles. The zero-order valence-electron chi connectivity index (χ0n) is 13.0. The minimum absolute atomic E-state index is 0.258. The number of aliphatic hydroxyl groups is 1. The zero-order valence-corrected chi connectivity index (χ0v) is 13.0. The van der Waals surface area contributed by atoms with Gasteiger partial charge >= 0.3 is 6.18 Å². The van der Waals surface area contributed by atoms with Gasteiger partial charge in [0, 0.05) is 18.5 Å². The number of imidazole rings is 1. The second kappa shape index (κ2) is 5.35. The average Bonchev–Trinajstić information content (AvgIpc) is 3.14. The molecule has 1 spiro atoms. The first-order chi connectivity index (χ1) is 11.4. The third kappa shape index (κ3) is 2.44. The summed E-state index contributed by atoms with van der Waals surface area (Å²) in [6, 6.07) is 2.28. The van der Waals surface area contributed by atoms with E-state index in [9.17, 15) is 18.3 Å². The molecule has 0 aromatic carbocycles. The first-order valence-corrected chi connectivity index (χ1v) is 7.97. The quantitative estimate of drug-likeness (QED) is 0.866. The van der Waals surface area contributed by atoms with Crippen molar-refractivity contribution in [3.05, 3.63) is 30.2 Å². The number of hydrogen-bond acceptors (Lipinski definition) is 4. The van der Waals surface area contributed by atoms with Gasteiger partial charge in [-0.1, -0.05) is 0 Å². The van der Waals surface area contributed by atoms with Crippen LogP contribution in [-0.2, 0) is 10.9 Å². The summed E-state index contributed by atoms with van der Waals surface area (Å²) in [7, 11) is 0. The largest absolute Gasteiger partial charge is 0.416 e. The van der Waals surface area contributed by atoms with Crippen LogP contribution >= 0.6 is 0 Å². The Morgan fingerprint density at radius 1 is 1.21 bits per heavy atom. The maximum Gasteiger partial charge on any atom is 0.416 e. The molecule has 0 bridgehead atoms. The van der Waals surface area contributed by atoms with Crippen LogP contribution < -0.4 is 4.90 Å². The Balaban J connectivity index is 1.66. The number of halogens is 3. The summed E-state index contributed by atoms with van der Waals surface area (Å²) in [4.78, 5) is 5.90. The van der Waals surface area contributed by atoms with Crippen molar-refractivity contribution in [2.24, 2.45) is 5.41 Å². The number of alkyl halides is 3. The number of piperidine rings is 1. The summed E-state index contributed by atoms with van der Waals surface area (Å²) >= 11 is 0. The molecule has 0 aliphatic carbocycles. The van der Waals surface area contributed by atoms with Gasteiger partial charge in [0.25, 0.3) is 0 Å². The predicted molar refractivity (Wildman–Crippen MR) is 80.6 cm³/mol. The van der Waals surface area contributed by atoms with Crippen molar-refractivity contribution in [1.82, 2.24) is 9.38 Å². The van der Waals surface area contributed by atoms with Crippen LogP contribution in [0.1, 0.15) is 24.8 Å². The number of rotatable bonds is 1. The molecule has 1 unspecified atom stereocenters. The summed E-state index contributed by atoms with van der Waals surface area (Å²) in [6.07, 6.45) is -0.0180. The minimum Gasteiger partial charge on any atom is -0.367 e. The van der Waals surface area contributed by atoms with Gasteiger partial charge in [-0.3, -0.25) is 4.40 Å². The Kier molecular flexibility index (Phi) is 3.50. The Labute approximate surface area is 136 Å². The monoisotopic (exact) mass is 341 g/mol. The van der Waals surface area contributed by atoms with Gasteiger partial charge in [-0.15, -0.1) is 0 Å². The Hall–Kier alpha value is -1.80. The number of hydrogen-bond donors (Lipinski definition) is 1. The highest BCUT2D eigenvalue weighted by molar-refractivity contribution is 5.58. The first-order valence-electron chi connectivity index (χ1n) is 7.97. The van der Waals surface area contributed by atoms with E-state index < -0.39 is 18.0 Å². The number of aromatic nitrogens is 2. The van der Waals surface area contributed by atoms with Crippen molar-refractivity contribution in [3.8, 4) is 0 Å². The van der Waals surface area contributed by atoms with E-state index in [1.807, 2.05) is 4.90 Å². The highest BCUT2D eigenvalue weighted by atomic mass is 19.4. The van der Waals surface area contributed by atoms with Crippen LogP contribution in [0.25, 0.3) is 5.52 Å². The van der Waals surface area contributed by atoms with E-state index in [4.69, 9.17) is 4.74 Å². The van der Waals surface area contributed by atoms with Gasteiger partial charge in [0.15, 0.2) is 6.29 Å². The fourth-order valence-electron chi connectivity index (χ4n) is 3.77. The van der Waals surface area contributed by atoms with Crippen molar-refractivity contribution in [1.29, 1.82) is 0 Å². The molecule has 130 valence electrons. The molecule has 24 heavy (non-hydrogen) atoms. The van der Waals surface area contributed by atoms with Crippen molar-refractivity contribution < 1.29 is 23.0 Å². The van der Waals surface area contributed by atoms with Crippen LogP contribution in [0.5, 0.6) is 0 Å². The molecular formula is C16H18F3N3O2. The molecule has 8 heteroatoms. The molecule has 2 fully saturated rings. The van der Waals surface area contributed by atoms with Gasteiger partial charge in [0.2, 0.25) is 0 Å². The third-order valence-corrected chi connectivity index (χ3v) is 5.31. The summed E-state index contributed by atoms with van der Waals surface area (Å²) in [5.74, 6) is 0.487. The lowest BCUT2D eigenvalue weighted by Gasteiger charge is -2.41. The van der Waals surface area contributed by atoms with Gasteiger partial charge in [-0.05, 0) is 31.4 Å². The molecule has 2 aromatic heterocycles. The lowest BCUT2D eigenvalue weighted by molar-refractivity contribution is -0.137. The van der Waals surface area contributed by atoms with Gasteiger partial charge in [-0.25, -0.2) is 4.98 Å². The van der Waals surface area contributed by atoms with Crippen LogP contribution in [0.3, 0.4) is 0 Å². The minimum atomic E-state index is -4.40. The molecule has 1 atom stereocenters.